The highest BCUT2D eigenvalue weighted by atomic mass is 16.3. The Morgan fingerprint density at radius 1 is 1.12 bits per heavy atom. The molecule has 0 aromatic heterocycles. The number of phenolic OH excluding ortho intramolecular Hbond substituents is 1. The highest BCUT2D eigenvalue weighted by Gasteiger charge is 2.69. The van der Waals surface area contributed by atoms with Crippen LogP contribution >= 0.6 is 0 Å². The molecule has 0 bridgehead atoms. The largest absolute Gasteiger partial charge is 0.505 e. The van der Waals surface area contributed by atoms with Crippen molar-refractivity contribution >= 4 is 40.4 Å². The molecule has 0 heterocycles. The van der Waals surface area contributed by atoms with Crippen LogP contribution in [-0.2, 0) is 32.1 Å². The van der Waals surface area contributed by atoms with Crippen LogP contribution in [0.15, 0.2) is 30.3 Å². The topological polar surface area (TPSA) is 194 Å². The number of aliphatic hydroxyl groups is 1. The lowest BCUT2D eigenvalue weighted by Gasteiger charge is -2.52. The molecule has 5 rings (SSSR count). The number of hydrogen-bond acceptors (Lipinski definition) is 11. The average Bonchev–Trinajstić information content (AvgIpc) is 2.94. The summed E-state index contributed by atoms with van der Waals surface area (Å²) in [5.41, 5.74) is 5.21. The molecule has 12 heteroatoms. The van der Waals surface area contributed by atoms with Gasteiger partial charge in [-0.25, -0.2) is 0 Å². The average molecular weight is 588 g/mol. The molecule has 43 heavy (non-hydrogen) atoms. The van der Waals surface area contributed by atoms with E-state index in [-0.39, 0.29) is 36.4 Å². The third-order valence-corrected chi connectivity index (χ3v) is 9.09. The molecule has 2 aromatic rings. The van der Waals surface area contributed by atoms with Crippen LogP contribution in [0.4, 0.5) is 11.4 Å². The first-order chi connectivity index (χ1) is 20.2. The number of nitriles is 1. The van der Waals surface area contributed by atoms with Crippen molar-refractivity contribution in [1.29, 1.82) is 5.26 Å². The van der Waals surface area contributed by atoms with Crippen molar-refractivity contribution in [2.24, 2.45) is 29.4 Å². The van der Waals surface area contributed by atoms with Gasteiger partial charge in [0.1, 0.15) is 5.75 Å². The smallest absolute Gasteiger partial charge is 0.235 e. The van der Waals surface area contributed by atoms with Gasteiger partial charge < -0.3 is 26.2 Å². The van der Waals surface area contributed by atoms with Crippen molar-refractivity contribution in [2.75, 3.05) is 38.4 Å². The molecule has 0 radical (unpaired) electrons. The molecule has 6 atom stereocenters. The first-order valence-corrected chi connectivity index (χ1v) is 13.9. The zero-order valence-corrected chi connectivity index (χ0v) is 24.2. The van der Waals surface area contributed by atoms with Gasteiger partial charge in [-0.2, -0.15) is 5.26 Å². The number of anilines is 2. The molecule has 2 unspecified atom stereocenters. The van der Waals surface area contributed by atoms with E-state index in [9.17, 15) is 34.2 Å². The first kappa shape index (κ1) is 29.9. The van der Waals surface area contributed by atoms with Gasteiger partial charge in [-0.3, -0.25) is 28.9 Å². The van der Waals surface area contributed by atoms with E-state index in [4.69, 9.17) is 11.0 Å². The summed E-state index contributed by atoms with van der Waals surface area (Å²) in [6.07, 6.45) is 0.152. The Morgan fingerprint density at radius 2 is 1.77 bits per heavy atom. The van der Waals surface area contributed by atoms with Crippen LogP contribution in [-0.4, -0.2) is 84.0 Å². The van der Waals surface area contributed by atoms with E-state index in [1.807, 2.05) is 0 Å². The van der Waals surface area contributed by atoms with Gasteiger partial charge in [0, 0.05) is 32.2 Å². The van der Waals surface area contributed by atoms with Crippen LogP contribution < -0.4 is 16.0 Å². The second-order valence-corrected chi connectivity index (χ2v) is 12.0. The Balaban J connectivity index is 1.58. The van der Waals surface area contributed by atoms with Crippen molar-refractivity contribution in [3.8, 4) is 11.8 Å². The van der Waals surface area contributed by atoms with Gasteiger partial charge in [0.25, 0.3) is 0 Å². The van der Waals surface area contributed by atoms with E-state index in [2.05, 4.69) is 11.4 Å². The number of rotatable bonds is 6. The van der Waals surface area contributed by atoms with Gasteiger partial charge in [-0.05, 0) is 62.2 Å². The molecular weight excluding hydrogens is 554 g/mol. The highest BCUT2D eigenvalue weighted by molar-refractivity contribution is 6.32. The molecule has 3 aliphatic rings. The number of primary amides is 1. The van der Waals surface area contributed by atoms with Crippen molar-refractivity contribution in [3.63, 3.8) is 0 Å². The molecule has 0 saturated heterocycles. The monoisotopic (exact) mass is 587 g/mol. The van der Waals surface area contributed by atoms with E-state index in [0.717, 1.165) is 5.56 Å². The van der Waals surface area contributed by atoms with Gasteiger partial charge in [0.15, 0.2) is 34.7 Å². The molecule has 0 spiro atoms. The highest BCUT2D eigenvalue weighted by Crippen LogP contribution is 2.52. The number of benzene rings is 2. The molecule has 5 N–H and O–H groups in total. The van der Waals surface area contributed by atoms with Gasteiger partial charge in [0.05, 0.1) is 34.8 Å². The summed E-state index contributed by atoms with van der Waals surface area (Å²) >= 11 is 0. The second-order valence-electron chi connectivity index (χ2n) is 12.0. The molecule has 2 fully saturated rings. The number of ketones is 4. The molecule has 2 saturated carbocycles. The van der Waals surface area contributed by atoms with Crippen LogP contribution in [0, 0.1) is 35.0 Å². The number of amides is 1. The van der Waals surface area contributed by atoms with Gasteiger partial charge in [0.2, 0.25) is 5.91 Å². The molecule has 3 aliphatic carbocycles. The zero-order chi connectivity index (χ0) is 31.5. The number of likely N-dealkylation sites (N-methyl/N-ethyl adjacent to an activating group) is 1. The lowest BCUT2D eigenvalue weighted by molar-refractivity contribution is -0.181. The third kappa shape index (κ3) is 4.47. The summed E-state index contributed by atoms with van der Waals surface area (Å²) < 4.78 is 0. The minimum absolute atomic E-state index is 0.0176. The first-order valence-electron chi connectivity index (χ1n) is 13.9. The number of phenols is 1. The fourth-order valence-electron chi connectivity index (χ4n) is 7.08. The lowest BCUT2D eigenvalue weighted by atomic mass is 9.52. The van der Waals surface area contributed by atoms with Crippen LogP contribution in [0.1, 0.15) is 33.5 Å². The Bertz CT molecular complexity index is 1610. The number of hydrogen-bond donors (Lipinski definition) is 4. The Labute approximate surface area is 248 Å². The van der Waals surface area contributed by atoms with Crippen molar-refractivity contribution in [2.45, 2.75) is 31.0 Å². The Hall–Kier alpha value is -4.60. The van der Waals surface area contributed by atoms with E-state index in [1.165, 1.54) is 4.90 Å². The lowest BCUT2D eigenvalue weighted by Crippen LogP contribution is -2.74. The SMILES string of the molecule is CN(C)c1cc(NCc2ccc(C#N)cc2)c(O)c2c1C[C@@H]1C[C@@H]3[C@@H](N(C)C)C(=O)C(C(N)=O)C(=O)[C@]3(O)C(=O)C1C2=O. The molecule has 0 aliphatic heterocycles. The molecule has 2 aromatic carbocycles. The van der Waals surface area contributed by atoms with Crippen molar-refractivity contribution in [1.82, 2.24) is 4.90 Å². The van der Waals surface area contributed by atoms with E-state index < -0.39 is 64.4 Å². The zero-order valence-electron chi connectivity index (χ0n) is 24.2. The predicted molar refractivity (Wildman–Crippen MR) is 154 cm³/mol. The Morgan fingerprint density at radius 3 is 2.33 bits per heavy atom. The standard InChI is InChI=1S/C31H33N5O7/c1-35(2)20-11-19(34-13-15-7-5-14(12-32)6-8-15)25(37)22-17(20)9-16-10-18-24(36(3)4)27(39)23(30(33)42)29(41)31(18,43)28(40)21(16)26(22)38/h5-8,11,16,18,21,23-24,34,37,43H,9-10,13H2,1-4H3,(H2,33,42)/t16-,18-,21?,23?,24-,31-/m1/s1. The minimum atomic E-state index is -2.78. The number of Topliss-reactive ketones (excluding diaryl/α,β-unsaturated/α-hetero) is 4. The van der Waals surface area contributed by atoms with Crippen molar-refractivity contribution in [3.05, 3.63) is 52.6 Å². The molecule has 12 nitrogen and oxygen atoms in total. The van der Waals surface area contributed by atoms with Crippen molar-refractivity contribution < 1.29 is 34.2 Å². The maximum absolute atomic E-state index is 14.1. The van der Waals surface area contributed by atoms with Crippen LogP contribution in [0.5, 0.6) is 5.75 Å². The minimum Gasteiger partial charge on any atom is -0.505 e. The van der Waals surface area contributed by atoms with Crippen LogP contribution in [0.3, 0.4) is 0 Å². The maximum Gasteiger partial charge on any atom is 0.235 e. The summed E-state index contributed by atoms with van der Waals surface area (Å²) in [7, 11) is 6.65. The van der Waals surface area contributed by atoms with Gasteiger partial charge in [-0.15, -0.1) is 0 Å². The number of nitrogens with zero attached hydrogens (tertiary/aromatic N) is 3. The predicted octanol–water partition coefficient (Wildman–Crippen LogP) is 0.417. The molecule has 1 amide bonds. The summed E-state index contributed by atoms with van der Waals surface area (Å²) in [5, 5.41) is 35.3. The number of nitrogens with one attached hydrogen (secondary N) is 1. The summed E-state index contributed by atoms with van der Waals surface area (Å²) in [5.74, 6) is -10.9. The maximum atomic E-state index is 14.1. The fourth-order valence-corrected chi connectivity index (χ4v) is 7.08. The van der Waals surface area contributed by atoms with Gasteiger partial charge >= 0.3 is 0 Å². The fraction of sp³-hybridized carbons (Fsp3) is 0.419. The van der Waals surface area contributed by atoms with E-state index in [0.29, 0.717) is 16.8 Å². The van der Waals surface area contributed by atoms with Gasteiger partial charge in [-0.1, -0.05) is 12.1 Å². The second kappa shape index (κ2) is 10.6. The number of carbonyl (C=O) groups is 5. The normalized spacial score (nSPS) is 28.1. The number of carbonyl (C=O) groups excluding carboxylic acids is 5. The summed E-state index contributed by atoms with van der Waals surface area (Å²) in [6, 6.07) is 9.44. The summed E-state index contributed by atoms with van der Waals surface area (Å²) in [4.78, 5) is 70.3. The molecule has 224 valence electrons. The van der Waals surface area contributed by atoms with Crippen LogP contribution in [0.2, 0.25) is 0 Å². The quantitative estimate of drug-likeness (QED) is 0.270. The number of aromatic hydroxyl groups is 1. The summed E-state index contributed by atoms with van der Waals surface area (Å²) in [6.45, 7) is 0.258. The van der Waals surface area contributed by atoms with E-state index in [1.54, 1.807) is 63.4 Å². The molecular formula is C31H33N5O7. The number of nitrogens with two attached hydrogens (primary N) is 1. The third-order valence-electron chi connectivity index (χ3n) is 9.09. The van der Waals surface area contributed by atoms with E-state index >= 15 is 0 Å². The Kier molecular flexibility index (Phi) is 7.36. The number of fused-ring (bicyclic) bond motifs is 3. The van der Waals surface area contributed by atoms with Crippen LogP contribution in [0.25, 0.3) is 0 Å².